The van der Waals surface area contributed by atoms with Gasteiger partial charge < -0.3 is 10.1 Å². The summed E-state index contributed by atoms with van der Waals surface area (Å²) in [6, 6.07) is 0. The molecule has 0 aliphatic rings. The van der Waals surface area contributed by atoms with Crippen molar-refractivity contribution in [1.82, 2.24) is 5.32 Å². The predicted molar refractivity (Wildman–Crippen MR) is 65.5 cm³/mol. The summed E-state index contributed by atoms with van der Waals surface area (Å²) < 4.78 is 4.72. The second kappa shape index (κ2) is 9.75. The lowest BCUT2D eigenvalue weighted by Crippen LogP contribution is -2.25. The molecule has 0 aromatic carbocycles. The molecule has 0 saturated heterocycles. The van der Waals surface area contributed by atoms with Crippen molar-refractivity contribution in [2.75, 3.05) is 13.7 Å². The third kappa shape index (κ3) is 7.60. The number of carbonyl (C=O) groups excluding carboxylic acids is 1. The first-order chi connectivity index (χ1) is 7.74. The van der Waals surface area contributed by atoms with Crippen LogP contribution >= 0.6 is 0 Å². The van der Waals surface area contributed by atoms with Crippen molar-refractivity contribution in [3.8, 4) is 11.8 Å². The molecule has 1 N–H and O–H groups in total. The molecule has 16 heavy (non-hydrogen) atoms. The quantitative estimate of drug-likeness (QED) is 0.565. The zero-order chi connectivity index (χ0) is 12.2. The molecule has 0 unspecified atom stereocenters. The highest BCUT2D eigenvalue weighted by Gasteiger charge is 1.99. The molecule has 0 heterocycles. The second-order valence-corrected chi connectivity index (χ2v) is 2.86. The van der Waals surface area contributed by atoms with Gasteiger partial charge in [-0.25, -0.2) is 0 Å². The van der Waals surface area contributed by atoms with Crippen LogP contribution in [0, 0.1) is 11.8 Å². The van der Waals surface area contributed by atoms with Crippen LogP contribution in [0.3, 0.4) is 0 Å². The Bertz CT molecular complexity index is 354. The summed E-state index contributed by atoms with van der Waals surface area (Å²) in [6.07, 6.45) is 8.92. The summed E-state index contributed by atoms with van der Waals surface area (Å²) in [5.41, 5.74) is 0.707. The van der Waals surface area contributed by atoms with Crippen LogP contribution in [0.5, 0.6) is 0 Å². The number of amides is 1. The van der Waals surface area contributed by atoms with E-state index in [1.54, 1.807) is 31.2 Å². The number of allylic oxidation sites excluding steroid dienone is 5. The summed E-state index contributed by atoms with van der Waals surface area (Å²) in [7, 11) is 1.48. The molecule has 0 aromatic heterocycles. The van der Waals surface area contributed by atoms with E-state index in [4.69, 9.17) is 4.74 Å². The normalized spacial score (nSPS) is 11.6. The zero-order valence-corrected chi connectivity index (χ0v) is 9.91. The van der Waals surface area contributed by atoms with Crippen molar-refractivity contribution < 1.29 is 9.53 Å². The van der Waals surface area contributed by atoms with Gasteiger partial charge >= 0.3 is 0 Å². The average Bonchev–Trinajstić information content (AvgIpc) is 2.25. The predicted octanol–water partition coefficient (Wildman–Crippen LogP) is 1.79. The Morgan fingerprint density at radius 3 is 2.81 bits per heavy atom. The minimum atomic E-state index is -0.179. The second-order valence-electron chi connectivity index (χ2n) is 2.86. The van der Waals surface area contributed by atoms with Crippen LogP contribution in [0.1, 0.15) is 13.8 Å². The topological polar surface area (TPSA) is 38.3 Å². The number of carbonyl (C=O) groups is 1. The Labute approximate surface area is 96.9 Å². The van der Waals surface area contributed by atoms with Crippen LogP contribution in [0.2, 0.25) is 0 Å². The fourth-order valence-corrected chi connectivity index (χ4v) is 0.930. The molecule has 86 valence electrons. The standard InChI is InChI=1S/C13H17NO2/c1-4-6-7-8-10-12(9-5-2)14-13(15)11-16-3/h5,7-10H,11H2,1-3H3,(H,14,15)/b8-7+,9-5-,12-10+. The van der Waals surface area contributed by atoms with Gasteiger partial charge in [-0.15, -0.1) is 5.92 Å². The molecule has 0 aliphatic heterocycles. The summed E-state index contributed by atoms with van der Waals surface area (Å²) in [5, 5.41) is 2.71. The lowest BCUT2D eigenvalue weighted by atomic mass is 10.3. The molecule has 0 saturated carbocycles. The molecule has 3 nitrogen and oxygen atoms in total. The first-order valence-electron chi connectivity index (χ1n) is 4.95. The van der Waals surface area contributed by atoms with Gasteiger partial charge in [0.1, 0.15) is 6.61 Å². The Kier molecular flexibility index (Phi) is 8.66. The van der Waals surface area contributed by atoms with E-state index in [2.05, 4.69) is 17.2 Å². The van der Waals surface area contributed by atoms with Gasteiger partial charge in [-0.2, -0.15) is 0 Å². The average molecular weight is 219 g/mol. The third-order valence-electron chi connectivity index (χ3n) is 1.51. The van der Waals surface area contributed by atoms with Crippen molar-refractivity contribution in [2.24, 2.45) is 0 Å². The summed E-state index contributed by atoms with van der Waals surface area (Å²) >= 11 is 0. The van der Waals surface area contributed by atoms with Crippen LogP contribution in [0.15, 0.2) is 36.1 Å². The van der Waals surface area contributed by atoms with Crippen molar-refractivity contribution in [2.45, 2.75) is 13.8 Å². The van der Waals surface area contributed by atoms with Gasteiger partial charge in [0.05, 0.1) is 0 Å². The highest BCUT2D eigenvalue weighted by atomic mass is 16.5. The van der Waals surface area contributed by atoms with Gasteiger partial charge in [-0.3, -0.25) is 4.79 Å². The number of methoxy groups -OCH3 is 1. The molecule has 1 amide bonds. The van der Waals surface area contributed by atoms with Crippen LogP contribution in [0.25, 0.3) is 0 Å². The maximum atomic E-state index is 11.3. The van der Waals surface area contributed by atoms with Crippen LogP contribution in [-0.2, 0) is 9.53 Å². The SMILES string of the molecule is CC#C/C=C/C=C(\C=C/C)NC(=O)COC. The molecular weight excluding hydrogens is 202 g/mol. The zero-order valence-electron chi connectivity index (χ0n) is 9.91. The Hall–Kier alpha value is -1.79. The summed E-state index contributed by atoms with van der Waals surface area (Å²) in [6.45, 7) is 3.69. The van der Waals surface area contributed by atoms with E-state index in [0.29, 0.717) is 5.70 Å². The molecule has 0 atom stereocenters. The van der Waals surface area contributed by atoms with Gasteiger partial charge in [0, 0.05) is 12.8 Å². The third-order valence-corrected chi connectivity index (χ3v) is 1.51. The molecule has 0 bridgehead atoms. The Morgan fingerprint density at radius 2 is 2.25 bits per heavy atom. The van der Waals surface area contributed by atoms with Gasteiger partial charge in [-0.05, 0) is 32.1 Å². The number of rotatable bonds is 5. The van der Waals surface area contributed by atoms with E-state index >= 15 is 0 Å². The molecule has 3 heteroatoms. The minimum Gasteiger partial charge on any atom is -0.375 e. The maximum absolute atomic E-state index is 11.3. The van der Waals surface area contributed by atoms with Gasteiger partial charge in [0.2, 0.25) is 5.91 Å². The lowest BCUT2D eigenvalue weighted by molar-refractivity contribution is -0.123. The first kappa shape index (κ1) is 14.2. The lowest BCUT2D eigenvalue weighted by Gasteiger charge is -2.03. The largest absolute Gasteiger partial charge is 0.375 e. The maximum Gasteiger partial charge on any atom is 0.250 e. The van der Waals surface area contributed by atoms with Gasteiger partial charge in [-0.1, -0.05) is 18.1 Å². The van der Waals surface area contributed by atoms with Crippen LogP contribution in [0.4, 0.5) is 0 Å². The smallest absolute Gasteiger partial charge is 0.250 e. The number of nitrogens with one attached hydrogen (secondary N) is 1. The molecule has 0 fully saturated rings. The molecule has 0 spiro atoms. The molecule has 0 radical (unpaired) electrons. The van der Waals surface area contributed by atoms with Crippen LogP contribution < -0.4 is 5.32 Å². The summed E-state index contributed by atoms with van der Waals surface area (Å²) in [4.78, 5) is 11.3. The van der Waals surface area contributed by atoms with Crippen molar-refractivity contribution in [1.29, 1.82) is 0 Å². The van der Waals surface area contributed by atoms with Gasteiger partial charge in [0.25, 0.3) is 0 Å². The highest BCUT2D eigenvalue weighted by molar-refractivity contribution is 5.79. The van der Waals surface area contributed by atoms with Gasteiger partial charge in [0.15, 0.2) is 0 Å². The van der Waals surface area contributed by atoms with Crippen LogP contribution in [-0.4, -0.2) is 19.6 Å². The molecular formula is C13H17NO2. The Balaban J connectivity index is 4.46. The van der Waals surface area contributed by atoms with E-state index in [1.165, 1.54) is 7.11 Å². The monoisotopic (exact) mass is 219 g/mol. The minimum absolute atomic E-state index is 0.0490. The van der Waals surface area contributed by atoms with E-state index in [0.717, 1.165) is 0 Å². The number of hydrogen-bond acceptors (Lipinski definition) is 2. The fraction of sp³-hybridized carbons (Fsp3) is 0.308. The van der Waals surface area contributed by atoms with E-state index in [9.17, 15) is 4.79 Å². The van der Waals surface area contributed by atoms with Crippen molar-refractivity contribution >= 4 is 5.91 Å². The number of ether oxygens (including phenoxy) is 1. The first-order valence-corrected chi connectivity index (χ1v) is 4.95. The molecule has 0 rings (SSSR count). The summed E-state index contributed by atoms with van der Waals surface area (Å²) in [5.74, 6) is 5.35. The molecule has 0 aliphatic carbocycles. The van der Waals surface area contributed by atoms with E-state index in [1.807, 2.05) is 13.0 Å². The van der Waals surface area contributed by atoms with E-state index in [-0.39, 0.29) is 12.5 Å². The highest BCUT2D eigenvalue weighted by Crippen LogP contribution is 1.93. The number of hydrogen-bond donors (Lipinski definition) is 1. The van der Waals surface area contributed by atoms with Crippen molar-refractivity contribution in [3.05, 3.63) is 36.1 Å². The fourth-order valence-electron chi connectivity index (χ4n) is 0.930. The van der Waals surface area contributed by atoms with E-state index < -0.39 is 0 Å². The van der Waals surface area contributed by atoms with Crippen molar-refractivity contribution in [3.63, 3.8) is 0 Å². The molecule has 0 aromatic rings. The Morgan fingerprint density at radius 1 is 1.50 bits per heavy atom.